The van der Waals surface area contributed by atoms with E-state index in [0.29, 0.717) is 0 Å². The van der Waals surface area contributed by atoms with Crippen molar-refractivity contribution >= 4 is 22.6 Å². The molecule has 74 valence electrons. The lowest BCUT2D eigenvalue weighted by Gasteiger charge is -2.07. The molecule has 0 heterocycles. The van der Waals surface area contributed by atoms with Crippen LogP contribution in [-0.2, 0) is 4.74 Å². The Morgan fingerprint density at radius 3 is 2.67 bits per heavy atom. The molecule has 0 aliphatic rings. The molecule has 0 bridgehead atoms. The van der Waals surface area contributed by atoms with Crippen LogP contribution < -0.4 is 5.32 Å². The van der Waals surface area contributed by atoms with Gasteiger partial charge in [0, 0.05) is 24.2 Å². The fourth-order valence-electron chi connectivity index (χ4n) is 1.11. The number of halogens is 1. The van der Waals surface area contributed by atoms with E-state index in [-0.39, 0.29) is 0 Å². The summed E-state index contributed by atoms with van der Waals surface area (Å²) in [7, 11) is 3.78. The van der Waals surface area contributed by atoms with E-state index in [1.807, 2.05) is 7.05 Å². The zero-order chi connectivity index (χ0) is 9.23. The van der Waals surface area contributed by atoms with Crippen LogP contribution in [0.5, 0.6) is 0 Å². The molecule has 2 nitrogen and oxygen atoms in total. The summed E-state index contributed by atoms with van der Waals surface area (Å²) in [6, 6.07) is 0. The molecule has 0 aromatic carbocycles. The van der Waals surface area contributed by atoms with Gasteiger partial charge in [-0.15, -0.1) is 0 Å². The first-order valence-corrected chi connectivity index (χ1v) is 5.83. The Labute approximate surface area is 89.6 Å². The molecule has 0 radical (unpaired) electrons. The number of hydrogen-bond acceptors (Lipinski definition) is 2. The van der Waals surface area contributed by atoms with Crippen LogP contribution in [-0.4, -0.2) is 31.2 Å². The van der Waals surface area contributed by atoms with Gasteiger partial charge in [-0.25, -0.2) is 0 Å². The first kappa shape index (κ1) is 12.7. The Hall–Kier alpha value is 0.650. The molecule has 0 fully saturated rings. The Morgan fingerprint density at radius 1 is 1.33 bits per heavy atom. The molecular formula is C9H20INO. The number of hydrogen-bond donors (Lipinski definition) is 1. The van der Waals surface area contributed by atoms with Gasteiger partial charge in [-0.05, 0) is 19.9 Å². The largest absolute Gasteiger partial charge is 0.385 e. The number of unbranched alkanes of at least 4 members (excludes halogenated alkanes) is 2. The third kappa shape index (κ3) is 8.74. The van der Waals surface area contributed by atoms with E-state index < -0.39 is 0 Å². The van der Waals surface area contributed by atoms with Crippen LogP contribution in [0.2, 0.25) is 0 Å². The highest BCUT2D eigenvalue weighted by Gasteiger charge is 2.00. The third-order valence-corrected chi connectivity index (χ3v) is 2.85. The lowest BCUT2D eigenvalue weighted by molar-refractivity contribution is 0.192. The Kier molecular flexibility index (Phi) is 10.3. The van der Waals surface area contributed by atoms with Gasteiger partial charge in [0.1, 0.15) is 0 Å². The summed E-state index contributed by atoms with van der Waals surface area (Å²) in [5.41, 5.74) is 0. The quantitative estimate of drug-likeness (QED) is 0.419. The summed E-state index contributed by atoms with van der Waals surface area (Å²) in [5.74, 6) is 0. The van der Waals surface area contributed by atoms with Gasteiger partial charge >= 0.3 is 0 Å². The van der Waals surface area contributed by atoms with E-state index in [1.165, 1.54) is 25.7 Å². The summed E-state index contributed by atoms with van der Waals surface area (Å²) in [6.45, 7) is 2.04. The number of nitrogens with one attached hydrogen (secondary N) is 1. The number of rotatable bonds is 8. The first-order chi connectivity index (χ1) is 5.81. The summed E-state index contributed by atoms with van der Waals surface area (Å²) in [4.78, 5) is 0. The lowest BCUT2D eigenvalue weighted by atomic mass is 10.1. The van der Waals surface area contributed by atoms with Crippen LogP contribution in [0.3, 0.4) is 0 Å². The molecule has 0 saturated carbocycles. The molecule has 0 unspecified atom stereocenters. The minimum Gasteiger partial charge on any atom is -0.385 e. The second-order valence-electron chi connectivity index (χ2n) is 3.00. The normalized spacial score (nSPS) is 13.2. The summed E-state index contributed by atoms with van der Waals surface area (Å²) >= 11 is 2.51. The topological polar surface area (TPSA) is 21.3 Å². The zero-order valence-corrected chi connectivity index (χ0v) is 10.3. The molecule has 3 heteroatoms. The van der Waals surface area contributed by atoms with E-state index in [2.05, 4.69) is 27.9 Å². The van der Waals surface area contributed by atoms with Crippen LogP contribution in [0.1, 0.15) is 25.7 Å². The predicted octanol–water partition coefficient (Wildman–Crippen LogP) is 2.22. The Bertz CT molecular complexity index is 90.6. The maximum Gasteiger partial charge on any atom is 0.0462 e. The highest BCUT2D eigenvalue weighted by atomic mass is 127. The van der Waals surface area contributed by atoms with Gasteiger partial charge in [0.05, 0.1) is 0 Å². The molecule has 0 amide bonds. The first-order valence-electron chi connectivity index (χ1n) is 4.59. The van der Waals surface area contributed by atoms with E-state index in [4.69, 9.17) is 4.74 Å². The van der Waals surface area contributed by atoms with E-state index in [0.717, 1.165) is 17.1 Å². The molecule has 1 N–H and O–H groups in total. The monoisotopic (exact) mass is 285 g/mol. The van der Waals surface area contributed by atoms with Gasteiger partial charge in [-0.1, -0.05) is 35.4 Å². The maximum absolute atomic E-state index is 4.98. The molecular weight excluding hydrogens is 265 g/mol. The van der Waals surface area contributed by atoms with Gasteiger partial charge in [-0.3, -0.25) is 0 Å². The van der Waals surface area contributed by atoms with Crippen molar-refractivity contribution in [2.24, 2.45) is 0 Å². The van der Waals surface area contributed by atoms with Crippen molar-refractivity contribution in [3.63, 3.8) is 0 Å². The van der Waals surface area contributed by atoms with Crippen molar-refractivity contribution in [2.75, 3.05) is 27.3 Å². The van der Waals surface area contributed by atoms with Crippen molar-refractivity contribution in [1.29, 1.82) is 0 Å². The van der Waals surface area contributed by atoms with Crippen molar-refractivity contribution in [3.05, 3.63) is 0 Å². The van der Waals surface area contributed by atoms with Crippen molar-refractivity contribution in [3.8, 4) is 0 Å². The molecule has 12 heavy (non-hydrogen) atoms. The minimum atomic E-state index is 0.787. The maximum atomic E-state index is 4.98. The second kappa shape index (κ2) is 9.74. The van der Waals surface area contributed by atoms with Crippen LogP contribution >= 0.6 is 22.6 Å². The average Bonchev–Trinajstić information content (AvgIpc) is 2.05. The molecule has 0 saturated heterocycles. The number of methoxy groups -OCH3 is 1. The van der Waals surface area contributed by atoms with Gasteiger partial charge in [0.25, 0.3) is 0 Å². The Balaban J connectivity index is 2.97. The van der Waals surface area contributed by atoms with Gasteiger partial charge in [0.15, 0.2) is 0 Å². The van der Waals surface area contributed by atoms with Crippen molar-refractivity contribution in [2.45, 2.75) is 29.6 Å². The molecule has 0 spiro atoms. The molecule has 0 aromatic rings. The number of ether oxygens (including phenoxy) is 1. The summed E-state index contributed by atoms with van der Waals surface area (Å²) in [6.07, 6.45) is 5.17. The fraction of sp³-hybridized carbons (Fsp3) is 1.00. The molecule has 1 atom stereocenters. The van der Waals surface area contributed by atoms with Crippen molar-refractivity contribution in [1.82, 2.24) is 5.32 Å². The smallest absolute Gasteiger partial charge is 0.0462 e. The highest BCUT2D eigenvalue weighted by Crippen LogP contribution is 2.10. The molecule has 0 rings (SSSR count). The van der Waals surface area contributed by atoms with E-state index in [9.17, 15) is 0 Å². The SMILES string of the molecule is CNC[C@@H](I)CCCCCOC. The van der Waals surface area contributed by atoms with Gasteiger partial charge in [0.2, 0.25) is 0 Å². The zero-order valence-electron chi connectivity index (χ0n) is 8.11. The summed E-state index contributed by atoms with van der Waals surface area (Å²) < 4.78 is 5.77. The van der Waals surface area contributed by atoms with Crippen LogP contribution in [0, 0.1) is 0 Å². The molecule has 0 aliphatic heterocycles. The highest BCUT2D eigenvalue weighted by molar-refractivity contribution is 14.1. The van der Waals surface area contributed by atoms with Gasteiger partial charge < -0.3 is 10.1 Å². The van der Waals surface area contributed by atoms with E-state index >= 15 is 0 Å². The predicted molar refractivity (Wildman–Crippen MR) is 62.1 cm³/mol. The number of alkyl halides is 1. The van der Waals surface area contributed by atoms with Gasteiger partial charge in [-0.2, -0.15) is 0 Å². The lowest BCUT2D eigenvalue weighted by Crippen LogP contribution is -2.18. The Morgan fingerprint density at radius 2 is 2.08 bits per heavy atom. The van der Waals surface area contributed by atoms with Crippen LogP contribution in [0.25, 0.3) is 0 Å². The summed E-state index contributed by atoms with van der Waals surface area (Å²) in [5, 5.41) is 3.19. The minimum absolute atomic E-state index is 0.787. The third-order valence-electron chi connectivity index (χ3n) is 1.79. The van der Waals surface area contributed by atoms with Crippen molar-refractivity contribution < 1.29 is 4.74 Å². The second-order valence-corrected chi connectivity index (χ2v) is 4.76. The van der Waals surface area contributed by atoms with Crippen LogP contribution in [0.4, 0.5) is 0 Å². The fourth-order valence-corrected chi connectivity index (χ4v) is 1.99. The average molecular weight is 285 g/mol. The molecule has 0 aromatic heterocycles. The van der Waals surface area contributed by atoms with E-state index in [1.54, 1.807) is 7.11 Å². The van der Waals surface area contributed by atoms with Crippen LogP contribution in [0.15, 0.2) is 0 Å². The standard InChI is InChI=1S/C9H20INO/c1-11-8-9(10)6-4-3-5-7-12-2/h9,11H,3-8H2,1-2H3/t9-/m0/s1. The molecule has 0 aliphatic carbocycles.